The maximum Gasteiger partial charge on any atom is 0.243 e. The summed E-state index contributed by atoms with van der Waals surface area (Å²) in [5.74, 6) is 0.454. The van der Waals surface area contributed by atoms with Crippen LogP contribution >= 0.6 is 0 Å². The van der Waals surface area contributed by atoms with Gasteiger partial charge in [-0.15, -0.1) is 0 Å². The number of amides is 1. The second-order valence-corrected chi connectivity index (χ2v) is 12.0. The molecule has 10 nitrogen and oxygen atoms in total. The summed E-state index contributed by atoms with van der Waals surface area (Å²) >= 11 is 0. The number of rotatable bonds is 11. The standard InChI is InChI=1S/C23H31N3O7S2/c1-32-19-9-6-8-18(16-19)26(34(3,28)29)15-7-10-23(27)24-21-17-20(11-12-22(21)33-2)35(30,31)25-13-4-5-14-25/h6,8-9,11-12,16-17H,4-5,7,10,13-15H2,1-3H3,(H,24,27). The fourth-order valence-corrected chi connectivity index (χ4v) is 6.37. The van der Waals surface area contributed by atoms with Gasteiger partial charge in [-0.2, -0.15) is 4.31 Å². The summed E-state index contributed by atoms with van der Waals surface area (Å²) < 4.78 is 63.5. The van der Waals surface area contributed by atoms with Gasteiger partial charge in [-0.1, -0.05) is 6.07 Å². The third-order valence-corrected chi connectivity index (χ3v) is 8.74. The van der Waals surface area contributed by atoms with Gasteiger partial charge in [-0.3, -0.25) is 9.10 Å². The number of benzene rings is 2. The fourth-order valence-electron chi connectivity index (χ4n) is 3.87. The normalized spacial score (nSPS) is 14.5. The number of nitrogens with one attached hydrogen (secondary N) is 1. The first-order valence-electron chi connectivity index (χ1n) is 11.2. The van der Waals surface area contributed by atoms with E-state index in [-0.39, 0.29) is 30.0 Å². The first-order valence-corrected chi connectivity index (χ1v) is 14.4. The average molecular weight is 526 g/mol. The van der Waals surface area contributed by atoms with Crippen LogP contribution in [0.2, 0.25) is 0 Å². The van der Waals surface area contributed by atoms with Crippen molar-refractivity contribution in [3.63, 3.8) is 0 Å². The van der Waals surface area contributed by atoms with Gasteiger partial charge in [0, 0.05) is 32.1 Å². The summed E-state index contributed by atoms with van der Waals surface area (Å²) in [7, 11) is -4.32. The van der Waals surface area contributed by atoms with Crippen LogP contribution in [0.3, 0.4) is 0 Å². The van der Waals surface area contributed by atoms with Crippen molar-refractivity contribution in [3.8, 4) is 11.5 Å². The van der Waals surface area contributed by atoms with Gasteiger partial charge in [0.25, 0.3) is 0 Å². The molecule has 0 unspecified atom stereocenters. The Labute approximate surface area is 206 Å². The van der Waals surface area contributed by atoms with Gasteiger partial charge < -0.3 is 14.8 Å². The lowest BCUT2D eigenvalue weighted by molar-refractivity contribution is -0.116. The quantitative estimate of drug-likeness (QED) is 0.479. The first kappa shape index (κ1) is 26.8. The molecule has 2 aromatic rings. The lowest BCUT2D eigenvalue weighted by Gasteiger charge is -2.22. The van der Waals surface area contributed by atoms with Crippen LogP contribution in [-0.2, 0) is 24.8 Å². The average Bonchev–Trinajstić information content (AvgIpc) is 3.37. The zero-order valence-electron chi connectivity index (χ0n) is 20.1. The molecule has 1 aliphatic rings. The van der Waals surface area contributed by atoms with Crippen molar-refractivity contribution in [1.82, 2.24) is 4.31 Å². The minimum absolute atomic E-state index is 0.0161. The van der Waals surface area contributed by atoms with E-state index in [0.717, 1.165) is 19.1 Å². The largest absolute Gasteiger partial charge is 0.497 e. The smallest absolute Gasteiger partial charge is 0.243 e. The van der Waals surface area contributed by atoms with E-state index >= 15 is 0 Å². The fraction of sp³-hybridized carbons (Fsp3) is 0.435. The molecule has 1 amide bonds. The predicted molar refractivity (Wildman–Crippen MR) is 134 cm³/mol. The van der Waals surface area contributed by atoms with Crippen LogP contribution in [0.15, 0.2) is 47.4 Å². The lowest BCUT2D eigenvalue weighted by atomic mass is 10.2. The Kier molecular flexibility index (Phi) is 8.62. The van der Waals surface area contributed by atoms with Crippen molar-refractivity contribution in [2.24, 2.45) is 0 Å². The number of hydrogen-bond donors (Lipinski definition) is 1. The Morgan fingerprint density at radius 2 is 1.74 bits per heavy atom. The van der Waals surface area contributed by atoms with Crippen molar-refractivity contribution < 1.29 is 31.1 Å². The summed E-state index contributed by atoms with van der Waals surface area (Å²) in [5.41, 5.74) is 0.680. The van der Waals surface area contributed by atoms with Crippen molar-refractivity contribution in [2.45, 2.75) is 30.6 Å². The molecule has 1 N–H and O–H groups in total. The molecule has 1 fully saturated rings. The molecule has 0 aromatic heterocycles. The van der Waals surface area contributed by atoms with Gasteiger partial charge in [-0.25, -0.2) is 16.8 Å². The summed E-state index contributed by atoms with van der Waals surface area (Å²) in [6.07, 6.45) is 2.99. The molecule has 0 aliphatic carbocycles. The van der Waals surface area contributed by atoms with Crippen molar-refractivity contribution >= 4 is 37.3 Å². The molecule has 1 heterocycles. The van der Waals surface area contributed by atoms with E-state index in [1.54, 1.807) is 24.3 Å². The molecular formula is C23H31N3O7S2. The number of anilines is 2. The Morgan fingerprint density at radius 3 is 2.37 bits per heavy atom. The Balaban J connectivity index is 1.69. The Bertz CT molecular complexity index is 1260. The molecule has 0 bridgehead atoms. The molecule has 0 spiro atoms. The van der Waals surface area contributed by atoms with E-state index in [2.05, 4.69) is 5.32 Å². The zero-order valence-corrected chi connectivity index (χ0v) is 21.7. The minimum atomic E-state index is -3.66. The van der Waals surface area contributed by atoms with Gasteiger partial charge in [-0.05, 0) is 49.6 Å². The second kappa shape index (κ2) is 11.3. The van der Waals surface area contributed by atoms with E-state index in [1.165, 1.54) is 41.0 Å². The van der Waals surface area contributed by atoms with E-state index in [4.69, 9.17) is 9.47 Å². The van der Waals surface area contributed by atoms with Crippen LogP contribution in [0.1, 0.15) is 25.7 Å². The molecule has 192 valence electrons. The highest BCUT2D eigenvalue weighted by atomic mass is 32.2. The summed E-state index contributed by atoms with van der Waals surface area (Å²) in [6, 6.07) is 11.0. The molecular weight excluding hydrogens is 494 g/mol. The monoisotopic (exact) mass is 525 g/mol. The van der Waals surface area contributed by atoms with Crippen LogP contribution in [0.25, 0.3) is 0 Å². The van der Waals surface area contributed by atoms with Crippen LogP contribution in [0, 0.1) is 0 Å². The van der Waals surface area contributed by atoms with Gasteiger partial charge in [0.05, 0.1) is 36.7 Å². The molecule has 35 heavy (non-hydrogen) atoms. The highest BCUT2D eigenvalue weighted by Crippen LogP contribution is 2.30. The molecule has 12 heteroatoms. The van der Waals surface area contributed by atoms with Crippen LogP contribution in [0.4, 0.5) is 11.4 Å². The Hall–Kier alpha value is -2.83. The van der Waals surface area contributed by atoms with Crippen LogP contribution < -0.4 is 19.1 Å². The number of nitrogens with zero attached hydrogens (tertiary/aromatic N) is 2. The zero-order chi connectivity index (χ0) is 25.6. The maximum absolute atomic E-state index is 12.9. The number of hydrogen-bond acceptors (Lipinski definition) is 7. The third kappa shape index (κ3) is 6.65. The van der Waals surface area contributed by atoms with Gasteiger partial charge in [0.2, 0.25) is 26.0 Å². The minimum Gasteiger partial charge on any atom is -0.497 e. The topological polar surface area (TPSA) is 122 Å². The number of carbonyl (C=O) groups is 1. The molecule has 1 aliphatic heterocycles. The highest BCUT2D eigenvalue weighted by molar-refractivity contribution is 7.92. The SMILES string of the molecule is COc1cccc(N(CCCC(=O)Nc2cc(S(=O)(=O)N3CCCC3)ccc2OC)S(C)(=O)=O)c1. The Morgan fingerprint density at radius 1 is 1.03 bits per heavy atom. The number of carbonyl (C=O) groups excluding carboxylic acids is 1. The summed E-state index contributed by atoms with van der Waals surface area (Å²) in [4.78, 5) is 12.7. The second-order valence-electron chi connectivity index (χ2n) is 8.16. The molecule has 1 saturated heterocycles. The molecule has 0 saturated carbocycles. The molecule has 0 radical (unpaired) electrons. The van der Waals surface area contributed by atoms with E-state index < -0.39 is 26.0 Å². The van der Waals surface area contributed by atoms with Crippen molar-refractivity contribution in [3.05, 3.63) is 42.5 Å². The lowest BCUT2D eigenvalue weighted by Crippen LogP contribution is -2.31. The predicted octanol–water partition coefficient (Wildman–Crippen LogP) is 2.67. The number of methoxy groups -OCH3 is 2. The van der Waals surface area contributed by atoms with E-state index in [0.29, 0.717) is 30.3 Å². The third-order valence-electron chi connectivity index (χ3n) is 5.65. The van der Waals surface area contributed by atoms with Crippen LogP contribution in [-0.4, -0.2) is 67.2 Å². The first-order chi connectivity index (χ1) is 16.6. The van der Waals surface area contributed by atoms with Gasteiger partial charge >= 0.3 is 0 Å². The summed E-state index contributed by atoms with van der Waals surface area (Å²) in [5, 5.41) is 2.70. The molecule has 0 atom stereocenters. The number of sulfonamides is 2. The van der Waals surface area contributed by atoms with Crippen molar-refractivity contribution in [2.75, 3.05) is 49.7 Å². The molecule has 2 aromatic carbocycles. The highest BCUT2D eigenvalue weighted by Gasteiger charge is 2.28. The molecule has 3 rings (SSSR count). The van der Waals surface area contributed by atoms with E-state index in [9.17, 15) is 21.6 Å². The van der Waals surface area contributed by atoms with E-state index in [1.807, 2.05) is 0 Å². The van der Waals surface area contributed by atoms with Crippen LogP contribution in [0.5, 0.6) is 11.5 Å². The van der Waals surface area contributed by atoms with Crippen molar-refractivity contribution in [1.29, 1.82) is 0 Å². The van der Waals surface area contributed by atoms with Gasteiger partial charge in [0.15, 0.2) is 0 Å². The maximum atomic E-state index is 12.9. The number of ether oxygens (including phenoxy) is 2. The van der Waals surface area contributed by atoms with Gasteiger partial charge in [0.1, 0.15) is 11.5 Å². The summed E-state index contributed by atoms with van der Waals surface area (Å²) in [6.45, 7) is 1.03.